The van der Waals surface area contributed by atoms with Crippen molar-refractivity contribution in [3.05, 3.63) is 40.7 Å². The van der Waals surface area contributed by atoms with Crippen LogP contribution < -0.4 is 0 Å². The summed E-state index contributed by atoms with van der Waals surface area (Å²) in [7, 11) is 0. The molecular formula is C21H30ClN5O2. The molecule has 8 heteroatoms. The Labute approximate surface area is 176 Å². The zero-order chi connectivity index (χ0) is 20.5. The van der Waals surface area contributed by atoms with E-state index in [4.69, 9.17) is 11.6 Å². The van der Waals surface area contributed by atoms with Gasteiger partial charge in [-0.15, -0.1) is 10.2 Å². The number of carbonyl (C=O) groups excluding carboxylic acids is 1. The van der Waals surface area contributed by atoms with Crippen LogP contribution in [0.4, 0.5) is 0 Å². The monoisotopic (exact) mass is 419 g/mol. The van der Waals surface area contributed by atoms with Gasteiger partial charge < -0.3 is 10.0 Å². The number of tetrazole rings is 1. The number of benzene rings is 1. The molecule has 2 atom stereocenters. The van der Waals surface area contributed by atoms with Crippen LogP contribution in [-0.2, 0) is 17.6 Å². The van der Waals surface area contributed by atoms with Gasteiger partial charge in [0.1, 0.15) is 0 Å². The molecule has 158 valence electrons. The molecule has 1 aliphatic heterocycles. The number of hydrogen-bond donors (Lipinski definition) is 2. The second-order valence-corrected chi connectivity index (χ2v) is 8.30. The predicted octanol–water partition coefficient (Wildman–Crippen LogP) is 3.19. The van der Waals surface area contributed by atoms with E-state index in [2.05, 4.69) is 20.6 Å². The molecule has 1 aromatic carbocycles. The molecule has 7 nitrogen and oxygen atoms in total. The number of rotatable bonds is 12. The van der Waals surface area contributed by atoms with Gasteiger partial charge in [-0.3, -0.25) is 4.79 Å². The molecule has 2 N–H and O–H groups in total. The third-order valence-electron chi connectivity index (χ3n) is 5.58. The van der Waals surface area contributed by atoms with Gasteiger partial charge in [0.25, 0.3) is 0 Å². The van der Waals surface area contributed by atoms with E-state index in [0.29, 0.717) is 17.9 Å². The topological polar surface area (TPSA) is 95.0 Å². The summed E-state index contributed by atoms with van der Waals surface area (Å²) in [6.07, 6.45) is 7.57. The number of nitrogens with one attached hydrogen (secondary N) is 1. The maximum absolute atomic E-state index is 12.6. The summed E-state index contributed by atoms with van der Waals surface area (Å²) < 4.78 is 0. The number of unbranched alkanes of at least 4 members (excludes halogenated alkanes) is 3. The number of aliphatic hydroxyl groups is 1. The second kappa shape index (κ2) is 11.3. The van der Waals surface area contributed by atoms with Crippen LogP contribution in [0, 0.1) is 5.92 Å². The van der Waals surface area contributed by atoms with E-state index < -0.39 is 6.10 Å². The summed E-state index contributed by atoms with van der Waals surface area (Å²) in [6.45, 7) is 1.68. The lowest BCUT2D eigenvalue weighted by molar-refractivity contribution is -0.131. The standard InChI is InChI=1S/C21H30ClN5O2/c22-18-7-5-6-16(14-18)15-19(28)10-9-17-11-13-27(21(17)29)12-4-2-1-3-8-20-23-25-26-24-20/h5-7,14,17,19,28H,1-4,8-13,15H2,(H,23,24,25,26)/t17?,19-/m1/s1. The highest BCUT2D eigenvalue weighted by Gasteiger charge is 2.31. The van der Waals surface area contributed by atoms with E-state index in [1.54, 1.807) is 0 Å². The Morgan fingerprint density at radius 2 is 2.14 bits per heavy atom. The highest BCUT2D eigenvalue weighted by atomic mass is 35.5. The lowest BCUT2D eigenvalue weighted by atomic mass is 9.96. The molecule has 1 fully saturated rings. The molecule has 1 aliphatic rings. The third-order valence-corrected chi connectivity index (χ3v) is 5.82. The van der Waals surface area contributed by atoms with Crippen molar-refractivity contribution in [3.8, 4) is 0 Å². The average molecular weight is 420 g/mol. The summed E-state index contributed by atoms with van der Waals surface area (Å²) in [6, 6.07) is 7.58. The maximum Gasteiger partial charge on any atom is 0.225 e. The number of H-pyrrole nitrogens is 1. The molecule has 2 aromatic rings. The van der Waals surface area contributed by atoms with Crippen LogP contribution in [0.25, 0.3) is 0 Å². The largest absolute Gasteiger partial charge is 0.393 e. The van der Waals surface area contributed by atoms with Gasteiger partial charge in [-0.25, -0.2) is 0 Å². The van der Waals surface area contributed by atoms with E-state index in [1.807, 2.05) is 29.2 Å². The van der Waals surface area contributed by atoms with Crippen LogP contribution in [0.2, 0.25) is 5.02 Å². The Balaban J connectivity index is 1.28. The Hall–Kier alpha value is -1.99. The zero-order valence-electron chi connectivity index (χ0n) is 16.8. The normalized spacial score (nSPS) is 17.8. The molecule has 1 aromatic heterocycles. The molecule has 29 heavy (non-hydrogen) atoms. The second-order valence-electron chi connectivity index (χ2n) is 7.87. The number of nitrogens with zero attached hydrogens (tertiary/aromatic N) is 4. The predicted molar refractivity (Wildman–Crippen MR) is 111 cm³/mol. The first-order valence-electron chi connectivity index (χ1n) is 10.6. The molecular weight excluding hydrogens is 390 g/mol. The van der Waals surface area contributed by atoms with Crippen molar-refractivity contribution < 1.29 is 9.90 Å². The quantitative estimate of drug-likeness (QED) is 0.515. The minimum atomic E-state index is -0.436. The number of aromatic nitrogens is 4. The fourth-order valence-corrected chi connectivity index (χ4v) is 4.17. The number of aryl methyl sites for hydroxylation is 1. The Bertz CT molecular complexity index is 755. The molecule has 2 heterocycles. The van der Waals surface area contributed by atoms with Gasteiger partial charge in [0, 0.05) is 30.5 Å². The van der Waals surface area contributed by atoms with Gasteiger partial charge in [-0.2, -0.15) is 5.21 Å². The number of aromatic amines is 1. The lowest BCUT2D eigenvalue weighted by Crippen LogP contribution is -2.28. The van der Waals surface area contributed by atoms with Crippen molar-refractivity contribution in [2.75, 3.05) is 13.1 Å². The van der Waals surface area contributed by atoms with Crippen LogP contribution in [0.1, 0.15) is 56.3 Å². The van der Waals surface area contributed by atoms with Crippen LogP contribution in [0.5, 0.6) is 0 Å². The van der Waals surface area contributed by atoms with Gasteiger partial charge >= 0.3 is 0 Å². The van der Waals surface area contributed by atoms with Crippen molar-refractivity contribution in [1.29, 1.82) is 0 Å². The van der Waals surface area contributed by atoms with E-state index in [0.717, 1.165) is 69.4 Å². The summed E-state index contributed by atoms with van der Waals surface area (Å²) in [5.41, 5.74) is 1.03. The van der Waals surface area contributed by atoms with Crippen molar-refractivity contribution in [2.45, 2.75) is 63.9 Å². The highest BCUT2D eigenvalue weighted by Crippen LogP contribution is 2.25. The highest BCUT2D eigenvalue weighted by molar-refractivity contribution is 6.30. The van der Waals surface area contributed by atoms with Crippen LogP contribution in [0.15, 0.2) is 24.3 Å². The fraction of sp³-hybridized carbons (Fsp3) is 0.619. The number of carbonyl (C=O) groups is 1. The molecule has 1 amide bonds. The molecule has 0 aliphatic carbocycles. The summed E-state index contributed by atoms with van der Waals surface area (Å²) in [4.78, 5) is 14.6. The Kier molecular flexibility index (Phi) is 8.43. The smallest absolute Gasteiger partial charge is 0.225 e. The van der Waals surface area contributed by atoms with Crippen LogP contribution in [0.3, 0.4) is 0 Å². The number of likely N-dealkylation sites (tertiary alicyclic amines) is 1. The van der Waals surface area contributed by atoms with Crippen molar-refractivity contribution in [3.63, 3.8) is 0 Å². The van der Waals surface area contributed by atoms with Gasteiger partial charge in [0.15, 0.2) is 5.82 Å². The summed E-state index contributed by atoms with van der Waals surface area (Å²) in [5.74, 6) is 1.08. The van der Waals surface area contributed by atoms with E-state index in [1.165, 1.54) is 0 Å². The number of amides is 1. The summed E-state index contributed by atoms with van der Waals surface area (Å²) in [5, 5.41) is 24.9. The number of aliphatic hydroxyl groups excluding tert-OH is 1. The van der Waals surface area contributed by atoms with Gasteiger partial charge in [-0.05, 0) is 56.2 Å². The van der Waals surface area contributed by atoms with Gasteiger partial charge in [-0.1, -0.05) is 41.8 Å². The van der Waals surface area contributed by atoms with E-state index in [9.17, 15) is 9.90 Å². The van der Waals surface area contributed by atoms with Crippen molar-refractivity contribution >= 4 is 17.5 Å². The maximum atomic E-state index is 12.6. The minimum absolute atomic E-state index is 0.0576. The SMILES string of the molecule is O=C1C(CC[C@@H](O)Cc2cccc(Cl)c2)CCN1CCCCCCc1nn[nH]n1. The third kappa shape index (κ3) is 7.08. The molecule has 0 bridgehead atoms. The Morgan fingerprint density at radius 1 is 1.28 bits per heavy atom. The van der Waals surface area contributed by atoms with Crippen molar-refractivity contribution in [2.24, 2.45) is 5.92 Å². The van der Waals surface area contributed by atoms with Crippen LogP contribution in [-0.4, -0.2) is 55.7 Å². The molecule has 0 saturated carbocycles. The Morgan fingerprint density at radius 3 is 2.93 bits per heavy atom. The van der Waals surface area contributed by atoms with Crippen LogP contribution >= 0.6 is 11.6 Å². The number of hydrogen-bond acceptors (Lipinski definition) is 5. The first-order valence-corrected chi connectivity index (χ1v) is 10.9. The molecule has 0 radical (unpaired) electrons. The fourth-order valence-electron chi connectivity index (χ4n) is 3.95. The zero-order valence-corrected chi connectivity index (χ0v) is 17.5. The molecule has 3 rings (SSSR count). The van der Waals surface area contributed by atoms with E-state index in [-0.39, 0.29) is 11.8 Å². The number of halogens is 1. The molecule has 0 spiro atoms. The van der Waals surface area contributed by atoms with Gasteiger partial charge in [0.05, 0.1) is 6.10 Å². The first-order chi connectivity index (χ1) is 14.1. The average Bonchev–Trinajstić information content (AvgIpc) is 3.33. The first kappa shape index (κ1) is 21.7. The summed E-state index contributed by atoms with van der Waals surface area (Å²) >= 11 is 6.00. The molecule has 1 unspecified atom stereocenters. The van der Waals surface area contributed by atoms with E-state index >= 15 is 0 Å². The minimum Gasteiger partial charge on any atom is -0.393 e. The molecule has 1 saturated heterocycles. The van der Waals surface area contributed by atoms with Crippen molar-refractivity contribution in [1.82, 2.24) is 25.5 Å². The lowest BCUT2D eigenvalue weighted by Gasteiger charge is -2.17. The van der Waals surface area contributed by atoms with Gasteiger partial charge in [0.2, 0.25) is 5.91 Å².